The van der Waals surface area contributed by atoms with E-state index in [4.69, 9.17) is 0 Å². The van der Waals surface area contributed by atoms with Crippen molar-refractivity contribution >= 4 is 11.9 Å². The Morgan fingerprint density at radius 3 is 3.07 bits per heavy atom. The summed E-state index contributed by atoms with van der Waals surface area (Å²) in [6, 6.07) is 0.151. The van der Waals surface area contributed by atoms with Gasteiger partial charge in [0.25, 0.3) is 0 Å². The van der Waals surface area contributed by atoms with Crippen LogP contribution in [0.15, 0.2) is 12.2 Å². The highest BCUT2D eigenvalue weighted by Gasteiger charge is 2.36. The van der Waals surface area contributed by atoms with Crippen LogP contribution in [-0.2, 0) is 4.79 Å². The lowest BCUT2D eigenvalue weighted by Crippen LogP contribution is -2.53. The molecular weight excluding hydrogens is 194 g/mol. The SMILES string of the molecule is CC=CC(=O)N1CCN2C(=O)NCC2C1. The molecule has 5 heteroatoms. The van der Waals surface area contributed by atoms with Gasteiger partial charge < -0.3 is 15.1 Å². The lowest BCUT2D eigenvalue weighted by molar-refractivity contribution is -0.128. The molecule has 2 heterocycles. The third-order valence-electron chi connectivity index (χ3n) is 2.85. The van der Waals surface area contributed by atoms with Crippen LogP contribution in [0.1, 0.15) is 6.92 Å². The molecule has 0 radical (unpaired) electrons. The summed E-state index contributed by atoms with van der Waals surface area (Å²) in [6.45, 7) is 4.39. The van der Waals surface area contributed by atoms with Gasteiger partial charge in [-0.3, -0.25) is 4.79 Å². The fourth-order valence-electron chi connectivity index (χ4n) is 2.05. The normalized spacial score (nSPS) is 25.7. The Morgan fingerprint density at radius 1 is 1.53 bits per heavy atom. The molecule has 0 aliphatic carbocycles. The fraction of sp³-hybridized carbons (Fsp3) is 0.600. The molecule has 2 fully saturated rings. The number of hydrogen-bond donors (Lipinski definition) is 1. The van der Waals surface area contributed by atoms with Gasteiger partial charge in [-0.1, -0.05) is 6.08 Å². The van der Waals surface area contributed by atoms with Crippen LogP contribution in [-0.4, -0.2) is 54.0 Å². The average molecular weight is 209 g/mol. The monoisotopic (exact) mass is 209 g/mol. The predicted molar refractivity (Wildman–Crippen MR) is 55.3 cm³/mol. The number of piperazine rings is 1. The summed E-state index contributed by atoms with van der Waals surface area (Å²) in [6.07, 6.45) is 3.31. The number of carbonyl (C=O) groups is 2. The molecule has 0 aromatic heterocycles. The first-order valence-electron chi connectivity index (χ1n) is 5.18. The number of fused-ring (bicyclic) bond motifs is 1. The Kier molecular flexibility index (Phi) is 2.62. The maximum absolute atomic E-state index is 11.6. The smallest absolute Gasteiger partial charge is 0.317 e. The van der Waals surface area contributed by atoms with Gasteiger partial charge >= 0.3 is 6.03 Å². The van der Waals surface area contributed by atoms with Crippen LogP contribution in [0.25, 0.3) is 0 Å². The third-order valence-corrected chi connectivity index (χ3v) is 2.85. The largest absolute Gasteiger partial charge is 0.336 e. The number of nitrogens with zero attached hydrogens (tertiary/aromatic N) is 2. The molecule has 0 aromatic rings. The molecule has 1 atom stereocenters. The molecule has 82 valence electrons. The minimum Gasteiger partial charge on any atom is -0.336 e. The first kappa shape index (κ1) is 10.0. The molecule has 0 bridgehead atoms. The zero-order valence-electron chi connectivity index (χ0n) is 8.77. The topological polar surface area (TPSA) is 52.7 Å². The standard InChI is InChI=1S/C10H15N3O2/c1-2-3-9(14)12-4-5-13-8(7-12)6-11-10(13)15/h2-3,8H,4-7H2,1H3,(H,11,15). The Hall–Kier alpha value is -1.52. The van der Waals surface area contributed by atoms with E-state index in [2.05, 4.69) is 5.32 Å². The zero-order valence-corrected chi connectivity index (χ0v) is 8.77. The first-order chi connectivity index (χ1) is 7.22. The molecule has 0 spiro atoms. The second kappa shape index (κ2) is 3.92. The van der Waals surface area contributed by atoms with Crippen molar-refractivity contribution in [3.05, 3.63) is 12.2 Å². The minimum absolute atomic E-state index is 0.00173. The summed E-state index contributed by atoms with van der Waals surface area (Å²) in [5, 5.41) is 2.78. The van der Waals surface area contributed by atoms with E-state index in [0.717, 1.165) is 0 Å². The summed E-state index contributed by atoms with van der Waals surface area (Å²) in [4.78, 5) is 26.5. The van der Waals surface area contributed by atoms with Crippen molar-refractivity contribution < 1.29 is 9.59 Å². The van der Waals surface area contributed by atoms with Crippen molar-refractivity contribution in [3.8, 4) is 0 Å². The van der Waals surface area contributed by atoms with Crippen molar-refractivity contribution in [2.45, 2.75) is 13.0 Å². The predicted octanol–water partition coefficient (Wildman–Crippen LogP) is -0.201. The van der Waals surface area contributed by atoms with E-state index >= 15 is 0 Å². The van der Waals surface area contributed by atoms with Crippen LogP contribution in [0.4, 0.5) is 4.79 Å². The van der Waals surface area contributed by atoms with Gasteiger partial charge in [0.15, 0.2) is 0 Å². The van der Waals surface area contributed by atoms with Crippen LogP contribution in [0.3, 0.4) is 0 Å². The molecule has 1 unspecified atom stereocenters. The second-order valence-electron chi connectivity index (χ2n) is 3.82. The fourth-order valence-corrected chi connectivity index (χ4v) is 2.05. The van der Waals surface area contributed by atoms with Crippen molar-refractivity contribution in [1.82, 2.24) is 15.1 Å². The van der Waals surface area contributed by atoms with Crippen molar-refractivity contribution in [1.29, 1.82) is 0 Å². The second-order valence-corrected chi connectivity index (χ2v) is 3.82. The Morgan fingerprint density at radius 2 is 2.33 bits per heavy atom. The average Bonchev–Trinajstić information content (AvgIpc) is 2.60. The molecule has 5 nitrogen and oxygen atoms in total. The van der Waals surface area contributed by atoms with Crippen LogP contribution in [0.2, 0.25) is 0 Å². The van der Waals surface area contributed by atoms with Gasteiger partial charge in [0, 0.05) is 26.2 Å². The van der Waals surface area contributed by atoms with Crippen LogP contribution in [0, 0.1) is 0 Å². The van der Waals surface area contributed by atoms with E-state index in [-0.39, 0.29) is 18.0 Å². The lowest BCUT2D eigenvalue weighted by Gasteiger charge is -2.35. The summed E-state index contributed by atoms with van der Waals surface area (Å²) < 4.78 is 0. The van der Waals surface area contributed by atoms with Gasteiger partial charge in [0.2, 0.25) is 5.91 Å². The van der Waals surface area contributed by atoms with Crippen LogP contribution >= 0.6 is 0 Å². The molecule has 0 saturated carbocycles. The molecule has 2 aliphatic rings. The molecule has 1 N–H and O–H groups in total. The highest BCUT2D eigenvalue weighted by molar-refractivity contribution is 5.88. The van der Waals surface area contributed by atoms with Crippen LogP contribution in [0.5, 0.6) is 0 Å². The Labute approximate surface area is 88.7 Å². The quantitative estimate of drug-likeness (QED) is 0.608. The number of amides is 3. The lowest BCUT2D eigenvalue weighted by atomic mass is 10.2. The van der Waals surface area contributed by atoms with Gasteiger partial charge in [-0.25, -0.2) is 4.79 Å². The number of rotatable bonds is 1. The maximum Gasteiger partial charge on any atom is 0.317 e. The van der Waals surface area contributed by atoms with Gasteiger partial charge in [-0.05, 0) is 13.0 Å². The first-order valence-corrected chi connectivity index (χ1v) is 5.18. The van der Waals surface area contributed by atoms with Crippen LogP contribution < -0.4 is 5.32 Å². The number of nitrogens with one attached hydrogen (secondary N) is 1. The molecule has 15 heavy (non-hydrogen) atoms. The minimum atomic E-state index is -0.00173. The molecular formula is C10H15N3O2. The van der Waals surface area contributed by atoms with E-state index in [1.54, 1.807) is 22.0 Å². The third kappa shape index (κ3) is 1.82. The van der Waals surface area contributed by atoms with Gasteiger partial charge in [-0.2, -0.15) is 0 Å². The summed E-state index contributed by atoms with van der Waals surface area (Å²) >= 11 is 0. The molecule has 2 rings (SSSR count). The van der Waals surface area contributed by atoms with Crippen molar-refractivity contribution in [2.75, 3.05) is 26.2 Å². The number of allylic oxidation sites excluding steroid dienone is 1. The summed E-state index contributed by atoms with van der Waals surface area (Å²) in [7, 11) is 0. The number of hydrogen-bond acceptors (Lipinski definition) is 2. The van der Waals surface area contributed by atoms with Gasteiger partial charge in [0.05, 0.1) is 6.04 Å². The molecule has 0 aromatic carbocycles. The highest BCUT2D eigenvalue weighted by atomic mass is 16.2. The van der Waals surface area contributed by atoms with E-state index in [1.807, 2.05) is 6.92 Å². The number of carbonyl (C=O) groups excluding carboxylic acids is 2. The molecule has 2 saturated heterocycles. The van der Waals surface area contributed by atoms with E-state index in [1.165, 1.54) is 0 Å². The maximum atomic E-state index is 11.6. The molecule has 3 amide bonds. The van der Waals surface area contributed by atoms with E-state index in [0.29, 0.717) is 26.2 Å². The highest BCUT2D eigenvalue weighted by Crippen LogP contribution is 2.14. The van der Waals surface area contributed by atoms with E-state index < -0.39 is 0 Å². The van der Waals surface area contributed by atoms with Crippen molar-refractivity contribution in [2.24, 2.45) is 0 Å². The molecule has 2 aliphatic heterocycles. The Balaban J connectivity index is 1.99. The summed E-state index contributed by atoms with van der Waals surface area (Å²) in [5.41, 5.74) is 0. The number of urea groups is 1. The van der Waals surface area contributed by atoms with E-state index in [9.17, 15) is 9.59 Å². The Bertz CT molecular complexity index is 314. The summed E-state index contributed by atoms with van der Waals surface area (Å²) in [5.74, 6) is 0.0384. The van der Waals surface area contributed by atoms with Gasteiger partial charge in [0.1, 0.15) is 0 Å². The zero-order chi connectivity index (χ0) is 10.8. The van der Waals surface area contributed by atoms with Crippen molar-refractivity contribution in [3.63, 3.8) is 0 Å². The van der Waals surface area contributed by atoms with Gasteiger partial charge in [-0.15, -0.1) is 0 Å².